The molecular formula is C36H22BrNS. The van der Waals surface area contributed by atoms with E-state index in [1.165, 1.54) is 69.9 Å². The molecule has 39 heavy (non-hydrogen) atoms. The maximum Gasteiger partial charge on any atom is 0.0640 e. The van der Waals surface area contributed by atoms with Crippen molar-refractivity contribution in [2.75, 3.05) is 0 Å². The second kappa shape index (κ2) is 8.94. The summed E-state index contributed by atoms with van der Waals surface area (Å²) in [5.41, 5.74) is 8.54. The Labute approximate surface area is 238 Å². The molecule has 0 aliphatic heterocycles. The van der Waals surface area contributed by atoms with E-state index in [2.05, 4.69) is 154 Å². The Kier molecular flexibility index (Phi) is 5.22. The third kappa shape index (κ3) is 3.51. The van der Waals surface area contributed by atoms with Gasteiger partial charge in [0.2, 0.25) is 0 Å². The first-order chi connectivity index (χ1) is 19.3. The predicted octanol–water partition coefficient (Wildman–Crippen LogP) is 11.2. The summed E-state index contributed by atoms with van der Waals surface area (Å²) >= 11 is 5.66. The van der Waals surface area contributed by atoms with Crippen LogP contribution in [0.4, 0.5) is 0 Å². The number of hydrogen-bond acceptors (Lipinski definition) is 1. The molecule has 6 aromatic carbocycles. The highest BCUT2D eigenvalue weighted by Crippen LogP contribution is 2.42. The van der Waals surface area contributed by atoms with Crippen molar-refractivity contribution < 1.29 is 0 Å². The Hall–Kier alpha value is -4.18. The van der Waals surface area contributed by atoms with Gasteiger partial charge in [-0.3, -0.25) is 0 Å². The lowest BCUT2D eigenvalue weighted by atomic mass is 9.94. The molecule has 0 spiro atoms. The lowest BCUT2D eigenvalue weighted by molar-refractivity contribution is 1.20. The van der Waals surface area contributed by atoms with Crippen LogP contribution in [-0.4, -0.2) is 4.57 Å². The molecule has 0 bridgehead atoms. The largest absolute Gasteiger partial charge is 0.308 e. The van der Waals surface area contributed by atoms with E-state index < -0.39 is 0 Å². The minimum absolute atomic E-state index is 1.10. The maximum atomic E-state index is 3.78. The standard InChI is InChI=1S/C36H22BrNS/c37-31-16-6-3-12-26(31)25-11-2-1-10-24(25)23-20-21-28-27-13-4-7-17-32(27)38(34(28)22-23)33-18-9-15-30-29-14-5-8-19-35(29)39-36(30)33/h1-22H. The van der Waals surface area contributed by atoms with Crippen LogP contribution in [0.25, 0.3) is 69.9 Å². The van der Waals surface area contributed by atoms with Crippen molar-refractivity contribution >= 4 is 69.2 Å². The summed E-state index contributed by atoms with van der Waals surface area (Å²) < 4.78 is 6.21. The third-order valence-electron chi connectivity index (χ3n) is 7.70. The summed E-state index contributed by atoms with van der Waals surface area (Å²) in [4.78, 5) is 0. The highest BCUT2D eigenvalue weighted by atomic mass is 79.9. The first-order valence-corrected chi connectivity index (χ1v) is 14.7. The fourth-order valence-corrected chi connectivity index (χ4v) is 7.66. The molecule has 0 fully saturated rings. The maximum absolute atomic E-state index is 3.78. The summed E-state index contributed by atoms with van der Waals surface area (Å²) in [5.74, 6) is 0. The molecule has 0 saturated heterocycles. The Morgan fingerprint density at radius 2 is 1.15 bits per heavy atom. The summed E-state index contributed by atoms with van der Waals surface area (Å²) in [6.07, 6.45) is 0. The van der Waals surface area contributed by atoms with Gasteiger partial charge >= 0.3 is 0 Å². The van der Waals surface area contributed by atoms with Crippen LogP contribution in [0.1, 0.15) is 0 Å². The Morgan fingerprint density at radius 1 is 0.487 bits per heavy atom. The summed E-state index contributed by atoms with van der Waals surface area (Å²) in [6.45, 7) is 0. The van der Waals surface area contributed by atoms with Gasteiger partial charge < -0.3 is 4.57 Å². The van der Waals surface area contributed by atoms with E-state index in [-0.39, 0.29) is 0 Å². The lowest BCUT2D eigenvalue weighted by Crippen LogP contribution is -1.94. The van der Waals surface area contributed by atoms with E-state index in [1.54, 1.807) is 0 Å². The average Bonchev–Trinajstić information content (AvgIpc) is 3.53. The molecule has 0 aliphatic rings. The minimum atomic E-state index is 1.10. The second-order valence-corrected chi connectivity index (χ2v) is 11.8. The molecule has 184 valence electrons. The van der Waals surface area contributed by atoms with Crippen molar-refractivity contribution in [3.8, 4) is 27.9 Å². The molecule has 0 radical (unpaired) electrons. The lowest BCUT2D eigenvalue weighted by Gasteiger charge is -2.13. The van der Waals surface area contributed by atoms with E-state index in [0.29, 0.717) is 0 Å². The number of aromatic nitrogens is 1. The number of halogens is 1. The Balaban J connectivity index is 1.44. The van der Waals surface area contributed by atoms with Crippen molar-refractivity contribution in [1.29, 1.82) is 0 Å². The van der Waals surface area contributed by atoms with Gasteiger partial charge in [-0.05, 0) is 52.6 Å². The van der Waals surface area contributed by atoms with E-state index in [9.17, 15) is 0 Å². The zero-order valence-electron chi connectivity index (χ0n) is 20.9. The van der Waals surface area contributed by atoms with Crippen molar-refractivity contribution in [3.05, 3.63) is 138 Å². The van der Waals surface area contributed by atoms with Crippen LogP contribution in [0.3, 0.4) is 0 Å². The molecule has 0 N–H and O–H groups in total. The van der Waals surface area contributed by atoms with Crippen molar-refractivity contribution in [3.63, 3.8) is 0 Å². The molecule has 0 amide bonds. The smallest absolute Gasteiger partial charge is 0.0640 e. The normalized spacial score (nSPS) is 11.7. The van der Waals surface area contributed by atoms with E-state index in [1.807, 2.05) is 11.3 Å². The van der Waals surface area contributed by atoms with E-state index >= 15 is 0 Å². The molecule has 0 atom stereocenters. The second-order valence-electron chi connectivity index (χ2n) is 9.86. The monoisotopic (exact) mass is 579 g/mol. The fraction of sp³-hybridized carbons (Fsp3) is 0. The van der Waals surface area contributed by atoms with Gasteiger partial charge in [-0.15, -0.1) is 11.3 Å². The van der Waals surface area contributed by atoms with Gasteiger partial charge in [0, 0.05) is 30.7 Å². The number of benzene rings is 6. The molecule has 3 heteroatoms. The molecular weight excluding hydrogens is 558 g/mol. The fourth-order valence-electron chi connectivity index (χ4n) is 5.96. The van der Waals surface area contributed by atoms with Crippen molar-refractivity contribution in [1.82, 2.24) is 4.57 Å². The van der Waals surface area contributed by atoms with Crippen LogP contribution in [0.5, 0.6) is 0 Å². The highest BCUT2D eigenvalue weighted by molar-refractivity contribution is 9.10. The van der Waals surface area contributed by atoms with Gasteiger partial charge in [0.1, 0.15) is 0 Å². The molecule has 8 aromatic rings. The molecule has 0 unspecified atom stereocenters. The topological polar surface area (TPSA) is 4.93 Å². The van der Waals surface area contributed by atoms with Gasteiger partial charge in [0.05, 0.1) is 21.4 Å². The van der Waals surface area contributed by atoms with Crippen molar-refractivity contribution in [2.24, 2.45) is 0 Å². The number of nitrogens with zero attached hydrogens (tertiary/aromatic N) is 1. The first kappa shape index (κ1) is 22.8. The van der Waals surface area contributed by atoms with Gasteiger partial charge in [0.25, 0.3) is 0 Å². The summed E-state index contributed by atoms with van der Waals surface area (Å²) in [5, 5.41) is 5.18. The van der Waals surface area contributed by atoms with Crippen LogP contribution >= 0.6 is 27.3 Å². The van der Waals surface area contributed by atoms with Crippen LogP contribution < -0.4 is 0 Å². The number of rotatable bonds is 3. The first-order valence-electron chi connectivity index (χ1n) is 13.1. The molecule has 0 aliphatic carbocycles. The SMILES string of the molecule is Brc1ccccc1-c1ccccc1-c1ccc2c3ccccc3n(-c3cccc4c3sc3ccccc34)c2c1. The van der Waals surface area contributed by atoms with Crippen molar-refractivity contribution in [2.45, 2.75) is 0 Å². The van der Waals surface area contributed by atoms with E-state index in [4.69, 9.17) is 0 Å². The molecule has 8 rings (SSSR count). The number of thiophene rings is 1. The summed E-state index contributed by atoms with van der Waals surface area (Å²) in [7, 11) is 0. The van der Waals surface area contributed by atoms with Gasteiger partial charge in [-0.25, -0.2) is 0 Å². The van der Waals surface area contributed by atoms with Gasteiger partial charge in [-0.1, -0.05) is 119 Å². The number of hydrogen-bond donors (Lipinski definition) is 0. The average molecular weight is 581 g/mol. The van der Waals surface area contributed by atoms with Crippen LogP contribution in [0.15, 0.2) is 138 Å². The van der Waals surface area contributed by atoms with E-state index in [0.717, 1.165) is 4.47 Å². The highest BCUT2D eigenvalue weighted by Gasteiger charge is 2.18. The number of fused-ring (bicyclic) bond motifs is 6. The summed E-state index contributed by atoms with van der Waals surface area (Å²) in [6, 6.07) is 48.3. The number of para-hydroxylation sites is 1. The van der Waals surface area contributed by atoms with Gasteiger partial charge in [-0.2, -0.15) is 0 Å². The molecule has 2 aromatic heterocycles. The van der Waals surface area contributed by atoms with Crippen LogP contribution in [0, 0.1) is 0 Å². The zero-order valence-corrected chi connectivity index (χ0v) is 23.3. The van der Waals surface area contributed by atoms with Crippen LogP contribution in [0.2, 0.25) is 0 Å². The zero-order chi connectivity index (χ0) is 25.9. The van der Waals surface area contributed by atoms with Gasteiger partial charge in [0.15, 0.2) is 0 Å². The minimum Gasteiger partial charge on any atom is -0.308 e. The quantitative estimate of drug-likeness (QED) is 0.196. The predicted molar refractivity (Wildman–Crippen MR) is 172 cm³/mol. The Bertz CT molecular complexity index is 2200. The molecule has 2 heterocycles. The molecule has 0 saturated carbocycles. The third-order valence-corrected chi connectivity index (χ3v) is 9.60. The molecule has 1 nitrogen and oxygen atoms in total. The van der Waals surface area contributed by atoms with Crippen LogP contribution in [-0.2, 0) is 0 Å². The Morgan fingerprint density at radius 3 is 2.03 bits per heavy atom.